The highest BCUT2D eigenvalue weighted by Crippen LogP contribution is 2.33. The SMILES string of the molecule is C=C(C)CN(C)C(=O)C1CCCC1C(=O)O. The second-order valence-electron chi connectivity index (χ2n) is 4.63. The first-order valence-electron chi connectivity index (χ1n) is 5.55. The summed E-state index contributed by atoms with van der Waals surface area (Å²) in [6.07, 6.45) is 2.14. The Hall–Kier alpha value is -1.32. The quantitative estimate of drug-likeness (QED) is 0.738. The summed E-state index contributed by atoms with van der Waals surface area (Å²) in [5.41, 5.74) is 0.903. The van der Waals surface area contributed by atoms with Gasteiger partial charge in [0.1, 0.15) is 0 Å². The predicted molar refractivity (Wildman–Crippen MR) is 60.9 cm³/mol. The van der Waals surface area contributed by atoms with Crippen molar-refractivity contribution in [2.75, 3.05) is 13.6 Å². The molecule has 1 saturated carbocycles. The predicted octanol–water partition coefficient (Wildman–Crippen LogP) is 1.52. The lowest BCUT2D eigenvalue weighted by Crippen LogP contribution is -2.37. The van der Waals surface area contributed by atoms with E-state index < -0.39 is 11.9 Å². The van der Waals surface area contributed by atoms with E-state index in [9.17, 15) is 9.59 Å². The summed E-state index contributed by atoms with van der Waals surface area (Å²) in [5.74, 6) is -1.76. The largest absolute Gasteiger partial charge is 0.481 e. The van der Waals surface area contributed by atoms with Crippen LogP contribution in [-0.4, -0.2) is 35.5 Å². The molecule has 90 valence electrons. The van der Waals surface area contributed by atoms with E-state index in [0.717, 1.165) is 12.0 Å². The molecule has 4 heteroatoms. The normalized spacial score (nSPS) is 24.1. The van der Waals surface area contributed by atoms with Gasteiger partial charge in [-0.2, -0.15) is 0 Å². The van der Waals surface area contributed by atoms with Crippen molar-refractivity contribution in [3.05, 3.63) is 12.2 Å². The summed E-state index contributed by atoms with van der Waals surface area (Å²) in [6, 6.07) is 0. The number of carboxylic acids is 1. The van der Waals surface area contributed by atoms with Crippen LogP contribution < -0.4 is 0 Å². The maximum absolute atomic E-state index is 12.0. The fourth-order valence-electron chi connectivity index (χ4n) is 2.32. The van der Waals surface area contributed by atoms with Crippen LogP contribution in [0.2, 0.25) is 0 Å². The van der Waals surface area contributed by atoms with Crippen molar-refractivity contribution >= 4 is 11.9 Å². The molecule has 1 aliphatic rings. The van der Waals surface area contributed by atoms with Gasteiger partial charge in [0.2, 0.25) is 5.91 Å². The van der Waals surface area contributed by atoms with E-state index >= 15 is 0 Å². The molecular weight excluding hydrogens is 206 g/mol. The van der Waals surface area contributed by atoms with Crippen molar-refractivity contribution < 1.29 is 14.7 Å². The van der Waals surface area contributed by atoms with Crippen molar-refractivity contribution in [3.8, 4) is 0 Å². The highest BCUT2D eigenvalue weighted by Gasteiger charge is 2.38. The second kappa shape index (κ2) is 5.14. The van der Waals surface area contributed by atoms with E-state index in [2.05, 4.69) is 6.58 Å². The Morgan fingerprint density at radius 2 is 1.94 bits per heavy atom. The van der Waals surface area contributed by atoms with Gasteiger partial charge in [-0.3, -0.25) is 9.59 Å². The van der Waals surface area contributed by atoms with Gasteiger partial charge >= 0.3 is 5.97 Å². The molecule has 4 nitrogen and oxygen atoms in total. The molecule has 0 aliphatic heterocycles. The smallest absolute Gasteiger partial charge is 0.307 e. The molecule has 2 atom stereocenters. The van der Waals surface area contributed by atoms with Crippen molar-refractivity contribution in [1.82, 2.24) is 4.90 Å². The van der Waals surface area contributed by atoms with Crippen LogP contribution in [0.25, 0.3) is 0 Å². The summed E-state index contributed by atoms with van der Waals surface area (Å²) in [7, 11) is 1.70. The number of carboxylic acid groups (broad SMARTS) is 1. The molecule has 0 bridgehead atoms. The van der Waals surface area contributed by atoms with Crippen LogP contribution in [0.4, 0.5) is 0 Å². The average Bonchev–Trinajstić information content (AvgIpc) is 2.63. The molecule has 0 heterocycles. The molecule has 1 aliphatic carbocycles. The van der Waals surface area contributed by atoms with Gasteiger partial charge < -0.3 is 10.0 Å². The Kier molecular flexibility index (Phi) is 4.10. The molecule has 1 amide bonds. The van der Waals surface area contributed by atoms with Crippen molar-refractivity contribution in [2.24, 2.45) is 11.8 Å². The van der Waals surface area contributed by atoms with Crippen LogP contribution in [0.5, 0.6) is 0 Å². The van der Waals surface area contributed by atoms with Gasteiger partial charge in [0.05, 0.1) is 11.8 Å². The summed E-state index contributed by atoms with van der Waals surface area (Å²) in [6.45, 7) is 6.10. The average molecular weight is 225 g/mol. The number of aliphatic carboxylic acids is 1. The van der Waals surface area contributed by atoms with Gasteiger partial charge in [-0.15, -0.1) is 0 Å². The maximum Gasteiger partial charge on any atom is 0.307 e. The zero-order valence-corrected chi connectivity index (χ0v) is 9.90. The molecule has 0 aromatic carbocycles. The van der Waals surface area contributed by atoms with E-state index in [4.69, 9.17) is 5.11 Å². The number of rotatable bonds is 4. The summed E-state index contributed by atoms with van der Waals surface area (Å²) >= 11 is 0. The van der Waals surface area contributed by atoms with Crippen molar-refractivity contribution in [1.29, 1.82) is 0 Å². The lowest BCUT2D eigenvalue weighted by molar-refractivity contribution is -0.148. The third-order valence-electron chi connectivity index (χ3n) is 3.03. The Bertz CT molecular complexity index is 311. The van der Waals surface area contributed by atoms with E-state index in [1.807, 2.05) is 6.92 Å². The fourth-order valence-corrected chi connectivity index (χ4v) is 2.32. The topological polar surface area (TPSA) is 57.6 Å². The Balaban J connectivity index is 2.65. The first kappa shape index (κ1) is 12.7. The fraction of sp³-hybridized carbons (Fsp3) is 0.667. The minimum absolute atomic E-state index is 0.0621. The van der Waals surface area contributed by atoms with E-state index in [1.165, 1.54) is 0 Å². The summed E-state index contributed by atoms with van der Waals surface area (Å²) in [4.78, 5) is 24.6. The number of hydrogen-bond acceptors (Lipinski definition) is 2. The zero-order chi connectivity index (χ0) is 12.3. The van der Waals surface area contributed by atoms with Crippen LogP contribution in [0.3, 0.4) is 0 Å². The maximum atomic E-state index is 12.0. The molecule has 16 heavy (non-hydrogen) atoms. The van der Waals surface area contributed by atoms with Gasteiger partial charge in [0.15, 0.2) is 0 Å². The highest BCUT2D eigenvalue weighted by molar-refractivity contribution is 5.85. The van der Waals surface area contributed by atoms with E-state index in [0.29, 0.717) is 19.4 Å². The molecule has 0 radical (unpaired) electrons. The zero-order valence-electron chi connectivity index (χ0n) is 9.90. The first-order chi connectivity index (χ1) is 7.43. The van der Waals surface area contributed by atoms with Gasteiger partial charge in [-0.1, -0.05) is 18.6 Å². The van der Waals surface area contributed by atoms with Gasteiger partial charge in [-0.25, -0.2) is 0 Å². The number of hydrogen-bond donors (Lipinski definition) is 1. The molecule has 0 spiro atoms. The summed E-state index contributed by atoms with van der Waals surface area (Å²) < 4.78 is 0. The Morgan fingerprint density at radius 3 is 2.44 bits per heavy atom. The molecule has 2 unspecified atom stereocenters. The third kappa shape index (κ3) is 2.84. The van der Waals surface area contributed by atoms with E-state index in [-0.39, 0.29) is 11.8 Å². The molecule has 1 fully saturated rings. The number of carbonyl (C=O) groups is 2. The number of carbonyl (C=O) groups excluding carboxylic acids is 1. The van der Waals surface area contributed by atoms with Crippen LogP contribution in [0.1, 0.15) is 26.2 Å². The van der Waals surface area contributed by atoms with Crippen LogP contribution in [-0.2, 0) is 9.59 Å². The molecular formula is C12H19NO3. The van der Waals surface area contributed by atoms with Crippen molar-refractivity contribution in [3.63, 3.8) is 0 Å². The molecule has 1 rings (SSSR count). The third-order valence-corrected chi connectivity index (χ3v) is 3.03. The number of nitrogens with zero attached hydrogens (tertiary/aromatic N) is 1. The lowest BCUT2D eigenvalue weighted by Gasteiger charge is -2.23. The second-order valence-corrected chi connectivity index (χ2v) is 4.63. The summed E-state index contributed by atoms with van der Waals surface area (Å²) in [5, 5.41) is 9.01. The monoisotopic (exact) mass is 225 g/mol. The standard InChI is InChI=1S/C12H19NO3/c1-8(2)7-13(3)11(14)9-5-4-6-10(9)12(15)16/h9-10H,1,4-7H2,2-3H3,(H,15,16). The Labute approximate surface area is 95.9 Å². The van der Waals surface area contributed by atoms with Gasteiger partial charge in [0, 0.05) is 13.6 Å². The van der Waals surface area contributed by atoms with Gasteiger partial charge in [-0.05, 0) is 19.8 Å². The van der Waals surface area contributed by atoms with Gasteiger partial charge in [0.25, 0.3) is 0 Å². The van der Waals surface area contributed by atoms with E-state index in [1.54, 1.807) is 11.9 Å². The van der Waals surface area contributed by atoms with Crippen molar-refractivity contribution in [2.45, 2.75) is 26.2 Å². The molecule has 0 saturated heterocycles. The van der Waals surface area contributed by atoms with Crippen LogP contribution in [0, 0.1) is 11.8 Å². The lowest BCUT2D eigenvalue weighted by atomic mass is 9.95. The number of likely N-dealkylation sites (N-methyl/N-ethyl adjacent to an activating group) is 1. The van der Waals surface area contributed by atoms with Crippen LogP contribution >= 0.6 is 0 Å². The number of amides is 1. The molecule has 0 aromatic heterocycles. The highest BCUT2D eigenvalue weighted by atomic mass is 16.4. The van der Waals surface area contributed by atoms with Crippen LogP contribution in [0.15, 0.2) is 12.2 Å². The molecule has 0 aromatic rings. The molecule has 1 N–H and O–H groups in total. The Morgan fingerprint density at radius 1 is 1.38 bits per heavy atom. The minimum atomic E-state index is -0.848. The first-order valence-corrected chi connectivity index (χ1v) is 5.55. The minimum Gasteiger partial charge on any atom is -0.481 e.